The van der Waals surface area contributed by atoms with Gasteiger partial charge in [0.15, 0.2) is 0 Å². The lowest BCUT2D eigenvalue weighted by Crippen LogP contribution is -2.32. The molecule has 29 heavy (non-hydrogen) atoms. The molecule has 0 heterocycles. The van der Waals surface area contributed by atoms with Crippen molar-refractivity contribution in [2.24, 2.45) is 11.3 Å². The first-order chi connectivity index (χ1) is 13.5. The van der Waals surface area contributed by atoms with E-state index in [1.807, 2.05) is 0 Å². The van der Waals surface area contributed by atoms with Crippen LogP contribution in [0.15, 0.2) is 24.3 Å². The van der Waals surface area contributed by atoms with Gasteiger partial charge in [0.1, 0.15) is 26.4 Å². The Morgan fingerprint density at radius 2 is 1.38 bits per heavy atom. The zero-order valence-corrected chi connectivity index (χ0v) is 18.6. The van der Waals surface area contributed by atoms with Crippen molar-refractivity contribution in [3.63, 3.8) is 0 Å². The monoisotopic (exact) mass is 414 g/mol. The van der Waals surface area contributed by atoms with Gasteiger partial charge in [0.2, 0.25) is 0 Å². The van der Waals surface area contributed by atoms with Crippen molar-refractivity contribution in [1.29, 1.82) is 0 Å². The van der Waals surface area contributed by atoms with Crippen molar-refractivity contribution in [2.45, 2.75) is 47.5 Å². The van der Waals surface area contributed by atoms with Crippen molar-refractivity contribution in [2.75, 3.05) is 39.5 Å². The molecule has 0 saturated carbocycles. The highest BCUT2D eigenvalue weighted by Crippen LogP contribution is 2.26. The van der Waals surface area contributed by atoms with E-state index in [2.05, 4.69) is 44.9 Å². The largest absolute Gasteiger partial charge is 0.460 e. The molecule has 0 amide bonds. The minimum atomic E-state index is -0.409. The van der Waals surface area contributed by atoms with Crippen molar-refractivity contribution >= 4 is 11.9 Å². The van der Waals surface area contributed by atoms with Crippen LogP contribution in [0.5, 0.6) is 0 Å². The summed E-state index contributed by atoms with van der Waals surface area (Å²) in [6, 6.07) is 0. The quantitative estimate of drug-likeness (QED) is 0.162. The Hall–Kier alpha value is -1.74. The van der Waals surface area contributed by atoms with Crippen LogP contribution in [0.4, 0.5) is 0 Å². The van der Waals surface area contributed by atoms with Crippen LogP contribution in [-0.4, -0.2) is 51.5 Å². The molecule has 0 fully saturated rings. The Labute approximate surface area is 174 Å². The summed E-state index contributed by atoms with van der Waals surface area (Å²) in [5, 5.41) is 0. The molecule has 1 unspecified atom stereocenters. The lowest BCUT2D eigenvalue weighted by Gasteiger charge is -2.28. The Balaban J connectivity index is 3.71. The number of nitrogens with one attached hydrogen (secondary N) is 2. The van der Waals surface area contributed by atoms with E-state index in [4.69, 9.17) is 19.1 Å². The normalized spacial score (nSPS) is 12.3. The Bertz CT molecular complexity index is 533. The maximum atomic E-state index is 11.2. The number of esters is 2. The van der Waals surface area contributed by atoms with Gasteiger partial charge in [0.05, 0.1) is 0 Å². The molecular weight excluding hydrogens is 376 g/mol. The van der Waals surface area contributed by atoms with Crippen LogP contribution in [-0.2, 0) is 28.7 Å². The van der Waals surface area contributed by atoms with E-state index in [0.717, 1.165) is 12.8 Å². The van der Waals surface area contributed by atoms with Gasteiger partial charge < -0.3 is 9.47 Å². The second kappa shape index (κ2) is 15.1. The molecule has 0 bridgehead atoms. The molecule has 0 radical (unpaired) electrons. The molecule has 0 aliphatic carbocycles. The molecule has 0 aromatic rings. The Morgan fingerprint density at radius 1 is 0.897 bits per heavy atom. The molecule has 0 aliphatic rings. The van der Waals surface area contributed by atoms with Gasteiger partial charge in [0.25, 0.3) is 0 Å². The summed E-state index contributed by atoms with van der Waals surface area (Å²) >= 11 is 0. The van der Waals surface area contributed by atoms with Gasteiger partial charge in [-0.25, -0.2) is 20.5 Å². The lowest BCUT2D eigenvalue weighted by atomic mass is 9.82. The summed E-state index contributed by atoms with van der Waals surface area (Å²) in [6.07, 6.45) is 1.96. The second-order valence-electron chi connectivity index (χ2n) is 8.01. The molecular formula is C21H38N2O6. The number of hydrogen-bond donors (Lipinski definition) is 2. The fraction of sp³-hybridized carbons (Fsp3) is 0.714. The third kappa shape index (κ3) is 15.8. The number of hydroxylamine groups is 2. The van der Waals surface area contributed by atoms with Gasteiger partial charge in [-0.3, -0.25) is 9.68 Å². The van der Waals surface area contributed by atoms with Gasteiger partial charge in [-0.05, 0) is 38.0 Å². The molecule has 2 N–H and O–H groups in total. The topological polar surface area (TPSA) is 95.1 Å². The number of carbonyl (C=O) groups is 2. The predicted molar refractivity (Wildman–Crippen MR) is 112 cm³/mol. The van der Waals surface area contributed by atoms with E-state index < -0.39 is 11.9 Å². The molecule has 0 rings (SSSR count). The summed E-state index contributed by atoms with van der Waals surface area (Å²) < 4.78 is 9.88. The molecule has 8 nitrogen and oxygen atoms in total. The molecule has 168 valence electrons. The zero-order valence-electron chi connectivity index (χ0n) is 18.6. The molecule has 1 atom stereocenters. The van der Waals surface area contributed by atoms with E-state index in [-0.39, 0.29) is 25.2 Å². The van der Waals surface area contributed by atoms with E-state index in [9.17, 15) is 9.59 Å². The van der Waals surface area contributed by atoms with Crippen molar-refractivity contribution in [1.82, 2.24) is 11.0 Å². The maximum absolute atomic E-state index is 11.2. The number of rotatable bonds is 17. The highest BCUT2D eigenvalue weighted by Gasteiger charge is 2.21. The summed E-state index contributed by atoms with van der Waals surface area (Å²) in [7, 11) is 0. The van der Waals surface area contributed by atoms with Crippen LogP contribution in [0.25, 0.3) is 0 Å². The average Bonchev–Trinajstić information content (AvgIpc) is 2.62. The second-order valence-corrected chi connectivity index (χ2v) is 8.01. The van der Waals surface area contributed by atoms with Crippen molar-refractivity contribution in [3.05, 3.63) is 24.3 Å². The van der Waals surface area contributed by atoms with E-state index in [1.54, 1.807) is 13.8 Å². The Kier molecular flexibility index (Phi) is 14.2. The van der Waals surface area contributed by atoms with Gasteiger partial charge in [-0.2, -0.15) is 0 Å². The van der Waals surface area contributed by atoms with Gasteiger partial charge in [0, 0.05) is 24.2 Å². The van der Waals surface area contributed by atoms with Crippen LogP contribution >= 0.6 is 0 Å². The van der Waals surface area contributed by atoms with E-state index in [1.165, 1.54) is 0 Å². The fourth-order valence-corrected chi connectivity index (χ4v) is 2.48. The highest BCUT2D eigenvalue weighted by atomic mass is 16.7. The molecule has 8 heteroatoms. The first kappa shape index (κ1) is 27.3. The van der Waals surface area contributed by atoms with Gasteiger partial charge in [-0.1, -0.05) is 33.9 Å². The highest BCUT2D eigenvalue weighted by molar-refractivity contribution is 5.87. The van der Waals surface area contributed by atoms with Gasteiger partial charge in [-0.15, -0.1) is 0 Å². The van der Waals surface area contributed by atoms with Crippen molar-refractivity contribution in [3.8, 4) is 0 Å². The summed E-state index contributed by atoms with van der Waals surface area (Å²) in [4.78, 5) is 33.0. The number of ether oxygens (including phenoxy) is 2. The average molecular weight is 415 g/mol. The SMILES string of the molecule is C=C(C)C(=O)OCCONCCC(C)CC(C)(C)CNOCCOC(=O)C(=C)C. The number of hydrogen-bond acceptors (Lipinski definition) is 8. The van der Waals surface area contributed by atoms with Crippen LogP contribution in [0, 0.1) is 11.3 Å². The van der Waals surface area contributed by atoms with Crippen LogP contribution in [0.3, 0.4) is 0 Å². The van der Waals surface area contributed by atoms with Crippen molar-refractivity contribution < 1.29 is 28.7 Å². The third-order valence-corrected chi connectivity index (χ3v) is 3.93. The minimum Gasteiger partial charge on any atom is -0.460 e. The first-order valence-electron chi connectivity index (χ1n) is 9.89. The van der Waals surface area contributed by atoms with E-state index >= 15 is 0 Å². The Morgan fingerprint density at radius 3 is 1.86 bits per heavy atom. The first-order valence-corrected chi connectivity index (χ1v) is 9.89. The summed E-state index contributed by atoms with van der Waals surface area (Å²) in [6.45, 7) is 19.1. The predicted octanol–water partition coefficient (Wildman–Crippen LogP) is 2.71. The molecule has 0 spiro atoms. The lowest BCUT2D eigenvalue weighted by molar-refractivity contribution is -0.142. The standard InChI is InChI=1S/C21H38N2O6/c1-16(2)19(24)26-10-12-28-22-9-8-18(5)14-21(6,7)15-23-29-13-11-27-20(25)17(3)4/h18,22-23H,1,3,8-15H2,2,4-7H3. The van der Waals surface area contributed by atoms with Crippen LogP contribution < -0.4 is 11.0 Å². The van der Waals surface area contributed by atoms with Crippen LogP contribution in [0.2, 0.25) is 0 Å². The molecule has 0 aromatic carbocycles. The van der Waals surface area contributed by atoms with E-state index in [0.29, 0.717) is 36.8 Å². The molecule has 0 aromatic heterocycles. The minimum absolute atomic E-state index is 0.0470. The van der Waals surface area contributed by atoms with Crippen LogP contribution in [0.1, 0.15) is 47.5 Å². The number of carbonyl (C=O) groups excluding carboxylic acids is 2. The summed E-state index contributed by atoms with van der Waals surface area (Å²) in [5.74, 6) is -0.330. The van der Waals surface area contributed by atoms with Gasteiger partial charge >= 0.3 is 11.9 Å². The maximum Gasteiger partial charge on any atom is 0.333 e. The third-order valence-electron chi connectivity index (χ3n) is 3.93. The fourth-order valence-electron chi connectivity index (χ4n) is 2.48. The smallest absolute Gasteiger partial charge is 0.333 e. The summed E-state index contributed by atoms with van der Waals surface area (Å²) in [5.41, 5.74) is 6.62. The zero-order chi connectivity index (χ0) is 22.3. The molecule has 0 aliphatic heterocycles. The molecule has 0 saturated heterocycles.